The molecule has 0 aliphatic carbocycles. The number of hydrogen-bond acceptors (Lipinski definition) is 3. The van der Waals surface area contributed by atoms with Crippen molar-refractivity contribution < 1.29 is 9.59 Å². The summed E-state index contributed by atoms with van der Waals surface area (Å²) in [4.78, 5) is 40.2. The van der Waals surface area contributed by atoms with Gasteiger partial charge in [-0.15, -0.1) is 0 Å². The topological polar surface area (TPSA) is 82.3 Å². The molecule has 2 rings (SSSR count). The predicted octanol–water partition coefficient (Wildman–Crippen LogP) is 1.13. The average molecular weight is 301 g/mol. The largest absolute Gasteiger partial charge is 0.355 e. The second kappa shape index (κ2) is 6.89. The standard InChI is InChI=1S/C16H19N3O3/c1-3-17-15(21)10-19(4-2)16(22)12-9-14(20)18-13-8-6-5-7-11(12)13/h5-9H,3-4,10H2,1-2H3,(H,17,21)(H,18,20). The van der Waals surface area contributed by atoms with Crippen LogP contribution >= 0.6 is 0 Å². The average Bonchev–Trinajstić information content (AvgIpc) is 2.51. The van der Waals surface area contributed by atoms with Crippen molar-refractivity contribution in [3.8, 4) is 0 Å². The Morgan fingerprint density at radius 2 is 1.95 bits per heavy atom. The van der Waals surface area contributed by atoms with Crippen molar-refractivity contribution in [2.75, 3.05) is 19.6 Å². The molecule has 0 aliphatic rings. The third-order valence-electron chi connectivity index (χ3n) is 3.36. The minimum Gasteiger partial charge on any atom is -0.355 e. The van der Waals surface area contributed by atoms with Gasteiger partial charge in [-0.05, 0) is 19.9 Å². The lowest BCUT2D eigenvalue weighted by Crippen LogP contribution is -2.40. The van der Waals surface area contributed by atoms with Crippen LogP contribution in [-0.4, -0.2) is 41.3 Å². The van der Waals surface area contributed by atoms with E-state index in [-0.39, 0.29) is 23.9 Å². The van der Waals surface area contributed by atoms with Gasteiger partial charge in [0.1, 0.15) is 0 Å². The van der Waals surface area contributed by atoms with E-state index in [0.717, 1.165) is 0 Å². The number of pyridine rings is 1. The maximum atomic E-state index is 12.7. The lowest BCUT2D eigenvalue weighted by molar-refractivity contribution is -0.121. The van der Waals surface area contributed by atoms with Gasteiger partial charge < -0.3 is 15.2 Å². The van der Waals surface area contributed by atoms with Crippen molar-refractivity contribution in [3.05, 3.63) is 46.2 Å². The first-order valence-electron chi connectivity index (χ1n) is 7.24. The molecule has 2 N–H and O–H groups in total. The van der Waals surface area contributed by atoms with Crippen LogP contribution in [0.2, 0.25) is 0 Å². The van der Waals surface area contributed by atoms with Crippen molar-refractivity contribution in [3.63, 3.8) is 0 Å². The third-order valence-corrected chi connectivity index (χ3v) is 3.36. The van der Waals surface area contributed by atoms with Crippen LogP contribution < -0.4 is 10.9 Å². The maximum Gasteiger partial charge on any atom is 0.255 e. The number of aromatic nitrogens is 1. The van der Waals surface area contributed by atoms with E-state index < -0.39 is 0 Å². The van der Waals surface area contributed by atoms with E-state index in [0.29, 0.717) is 29.6 Å². The fraction of sp³-hybridized carbons (Fsp3) is 0.312. The van der Waals surface area contributed by atoms with E-state index >= 15 is 0 Å². The van der Waals surface area contributed by atoms with Crippen molar-refractivity contribution in [1.82, 2.24) is 15.2 Å². The normalized spacial score (nSPS) is 10.5. The van der Waals surface area contributed by atoms with Gasteiger partial charge in [0.25, 0.3) is 5.91 Å². The fourth-order valence-corrected chi connectivity index (χ4v) is 2.31. The number of likely N-dealkylation sites (N-methyl/N-ethyl adjacent to an activating group) is 2. The van der Waals surface area contributed by atoms with Crippen LogP contribution in [0, 0.1) is 0 Å². The highest BCUT2D eigenvalue weighted by Gasteiger charge is 2.19. The van der Waals surface area contributed by atoms with Crippen LogP contribution in [0.4, 0.5) is 0 Å². The van der Waals surface area contributed by atoms with E-state index in [1.807, 2.05) is 6.92 Å². The zero-order valence-corrected chi connectivity index (χ0v) is 12.7. The second-order valence-corrected chi connectivity index (χ2v) is 4.87. The summed E-state index contributed by atoms with van der Waals surface area (Å²) in [5, 5.41) is 3.33. The number of nitrogens with one attached hydrogen (secondary N) is 2. The number of H-pyrrole nitrogens is 1. The van der Waals surface area contributed by atoms with Crippen molar-refractivity contribution in [1.29, 1.82) is 0 Å². The third kappa shape index (κ3) is 3.33. The first-order valence-corrected chi connectivity index (χ1v) is 7.24. The molecule has 22 heavy (non-hydrogen) atoms. The number of carbonyl (C=O) groups is 2. The number of hydrogen-bond donors (Lipinski definition) is 2. The summed E-state index contributed by atoms with van der Waals surface area (Å²) < 4.78 is 0. The molecule has 2 amide bonds. The highest BCUT2D eigenvalue weighted by atomic mass is 16.2. The molecule has 1 aromatic carbocycles. The highest BCUT2D eigenvalue weighted by Crippen LogP contribution is 2.16. The molecule has 0 radical (unpaired) electrons. The molecule has 2 aromatic rings. The number of amides is 2. The molecular weight excluding hydrogens is 282 g/mol. The first kappa shape index (κ1) is 15.8. The van der Waals surface area contributed by atoms with E-state index in [9.17, 15) is 14.4 Å². The van der Waals surface area contributed by atoms with Gasteiger partial charge in [0.05, 0.1) is 12.1 Å². The quantitative estimate of drug-likeness (QED) is 0.868. The van der Waals surface area contributed by atoms with Crippen molar-refractivity contribution in [2.45, 2.75) is 13.8 Å². The first-order chi connectivity index (χ1) is 10.6. The Hall–Kier alpha value is -2.63. The molecule has 0 saturated carbocycles. The Morgan fingerprint density at radius 3 is 2.64 bits per heavy atom. The monoisotopic (exact) mass is 301 g/mol. The van der Waals surface area contributed by atoms with Gasteiger partial charge in [0.2, 0.25) is 11.5 Å². The number of aromatic amines is 1. The Balaban J connectivity index is 2.39. The summed E-state index contributed by atoms with van der Waals surface area (Å²) in [5.74, 6) is -0.539. The van der Waals surface area contributed by atoms with E-state index in [1.165, 1.54) is 11.0 Å². The van der Waals surface area contributed by atoms with Crippen LogP contribution in [0.25, 0.3) is 10.9 Å². The summed E-state index contributed by atoms with van der Waals surface area (Å²) >= 11 is 0. The molecule has 0 spiro atoms. The Bertz CT molecular complexity index is 752. The summed E-state index contributed by atoms with van der Waals surface area (Å²) in [6.45, 7) is 4.49. The highest BCUT2D eigenvalue weighted by molar-refractivity contribution is 6.06. The molecule has 0 saturated heterocycles. The summed E-state index contributed by atoms with van der Waals surface area (Å²) in [6, 6.07) is 8.40. The molecule has 0 unspecified atom stereocenters. The van der Waals surface area contributed by atoms with Crippen LogP contribution in [0.15, 0.2) is 35.1 Å². The molecule has 0 aliphatic heterocycles. The van der Waals surface area contributed by atoms with Crippen molar-refractivity contribution in [2.24, 2.45) is 0 Å². The number of para-hydroxylation sites is 1. The number of carbonyl (C=O) groups excluding carboxylic acids is 2. The molecule has 6 heteroatoms. The van der Waals surface area contributed by atoms with Gasteiger partial charge in [-0.3, -0.25) is 14.4 Å². The van der Waals surface area contributed by atoms with Gasteiger partial charge in [0, 0.05) is 30.1 Å². The SMILES string of the molecule is CCNC(=O)CN(CC)C(=O)c1cc(=O)[nH]c2ccccc12. The van der Waals surface area contributed by atoms with Gasteiger partial charge in [0.15, 0.2) is 0 Å². The zero-order chi connectivity index (χ0) is 16.1. The van der Waals surface area contributed by atoms with E-state index in [1.54, 1.807) is 31.2 Å². The Morgan fingerprint density at radius 1 is 1.23 bits per heavy atom. The van der Waals surface area contributed by atoms with Gasteiger partial charge in [-0.25, -0.2) is 0 Å². The molecule has 0 bridgehead atoms. The zero-order valence-electron chi connectivity index (χ0n) is 12.7. The molecule has 116 valence electrons. The maximum absolute atomic E-state index is 12.7. The summed E-state index contributed by atoms with van der Waals surface area (Å²) in [7, 11) is 0. The van der Waals surface area contributed by atoms with E-state index in [4.69, 9.17) is 0 Å². The van der Waals surface area contributed by atoms with Crippen LogP contribution in [0.5, 0.6) is 0 Å². The molecule has 0 atom stereocenters. The minimum absolute atomic E-state index is 0.0235. The van der Waals surface area contributed by atoms with Gasteiger partial charge >= 0.3 is 0 Å². The minimum atomic E-state index is -0.337. The smallest absolute Gasteiger partial charge is 0.255 e. The number of benzene rings is 1. The van der Waals surface area contributed by atoms with Gasteiger partial charge in [-0.1, -0.05) is 18.2 Å². The molecule has 1 heterocycles. The number of fused-ring (bicyclic) bond motifs is 1. The Kier molecular flexibility index (Phi) is 4.93. The van der Waals surface area contributed by atoms with Crippen molar-refractivity contribution >= 4 is 22.7 Å². The number of nitrogens with zero attached hydrogens (tertiary/aromatic N) is 1. The van der Waals surface area contributed by atoms with Gasteiger partial charge in [-0.2, -0.15) is 0 Å². The lowest BCUT2D eigenvalue weighted by Gasteiger charge is -2.21. The lowest BCUT2D eigenvalue weighted by atomic mass is 10.1. The van der Waals surface area contributed by atoms with Crippen LogP contribution in [0.3, 0.4) is 0 Å². The molecule has 6 nitrogen and oxygen atoms in total. The predicted molar refractivity (Wildman–Crippen MR) is 84.8 cm³/mol. The Labute approximate surface area is 128 Å². The number of rotatable bonds is 5. The summed E-state index contributed by atoms with van der Waals surface area (Å²) in [6.07, 6.45) is 0. The van der Waals surface area contributed by atoms with Crippen LogP contribution in [-0.2, 0) is 4.79 Å². The second-order valence-electron chi connectivity index (χ2n) is 4.87. The van der Waals surface area contributed by atoms with E-state index in [2.05, 4.69) is 10.3 Å². The molecular formula is C16H19N3O3. The fourth-order valence-electron chi connectivity index (χ4n) is 2.31. The summed E-state index contributed by atoms with van der Waals surface area (Å²) in [5.41, 5.74) is 0.578. The molecule has 1 aromatic heterocycles. The van der Waals surface area contributed by atoms with Crippen LogP contribution in [0.1, 0.15) is 24.2 Å². The molecule has 0 fully saturated rings.